The van der Waals surface area contributed by atoms with Gasteiger partial charge in [-0.1, -0.05) is 0 Å². The van der Waals surface area contributed by atoms with E-state index < -0.39 is 0 Å². The third-order valence-corrected chi connectivity index (χ3v) is 2.21. The van der Waals surface area contributed by atoms with E-state index in [0.717, 1.165) is 25.5 Å². The van der Waals surface area contributed by atoms with Gasteiger partial charge in [-0.2, -0.15) is 0 Å². The molecule has 1 rings (SSSR count). The average Bonchev–Trinajstić information content (AvgIpc) is 1.87. The first-order valence-electron chi connectivity index (χ1n) is 3.68. The molecule has 58 valence electrons. The number of quaternary nitrogens is 1. The standard InChI is InChI=1S/C7H13NO2/c1-8(10)5-3-2-4-7(8)6-9/h6-7H,2-5H2,1H3. The zero-order valence-corrected chi connectivity index (χ0v) is 6.25. The smallest absolute Gasteiger partial charge is 0.177 e. The van der Waals surface area contributed by atoms with Crippen LogP contribution in [0.1, 0.15) is 19.3 Å². The number of hydroxylamine groups is 3. The molecule has 0 radical (unpaired) electrons. The van der Waals surface area contributed by atoms with Gasteiger partial charge in [-0.25, -0.2) is 0 Å². The van der Waals surface area contributed by atoms with Crippen molar-refractivity contribution in [2.24, 2.45) is 0 Å². The molecule has 0 spiro atoms. The molecule has 0 bridgehead atoms. The molecule has 0 aromatic carbocycles. The Labute approximate surface area is 60.8 Å². The molecule has 0 amide bonds. The Balaban J connectivity index is 2.59. The number of hydrogen-bond acceptors (Lipinski definition) is 2. The first kappa shape index (κ1) is 7.69. The first-order valence-corrected chi connectivity index (χ1v) is 3.68. The Morgan fingerprint density at radius 2 is 2.30 bits per heavy atom. The molecule has 1 heterocycles. The van der Waals surface area contributed by atoms with E-state index in [4.69, 9.17) is 0 Å². The number of likely N-dealkylation sites (tertiary alicyclic amines) is 1. The van der Waals surface area contributed by atoms with Gasteiger partial charge in [-0.3, -0.25) is 4.79 Å². The minimum atomic E-state index is -0.358. The number of rotatable bonds is 1. The summed E-state index contributed by atoms with van der Waals surface area (Å²) in [6.07, 6.45) is 3.56. The topological polar surface area (TPSA) is 40.1 Å². The van der Waals surface area contributed by atoms with Gasteiger partial charge in [0.15, 0.2) is 6.29 Å². The van der Waals surface area contributed by atoms with Gasteiger partial charge in [-0.15, -0.1) is 0 Å². The summed E-state index contributed by atoms with van der Waals surface area (Å²) in [6.45, 7) is 0.601. The van der Waals surface area contributed by atoms with Crippen molar-refractivity contribution in [2.75, 3.05) is 13.6 Å². The highest BCUT2D eigenvalue weighted by molar-refractivity contribution is 5.55. The summed E-state index contributed by atoms with van der Waals surface area (Å²) in [5, 5.41) is 11.4. The van der Waals surface area contributed by atoms with Crippen LogP contribution in [-0.2, 0) is 4.79 Å². The van der Waals surface area contributed by atoms with Crippen LogP contribution in [0.2, 0.25) is 0 Å². The maximum Gasteiger partial charge on any atom is 0.177 e. The Hall–Kier alpha value is -0.410. The highest BCUT2D eigenvalue weighted by Crippen LogP contribution is 2.20. The molecule has 1 saturated heterocycles. The average molecular weight is 143 g/mol. The van der Waals surface area contributed by atoms with E-state index >= 15 is 0 Å². The van der Waals surface area contributed by atoms with E-state index in [1.807, 2.05) is 0 Å². The number of carbonyl (C=O) groups is 1. The maximum absolute atomic E-state index is 11.4. The molecule has 0 N–H and O–H groups in total. The SMILES string of the molecule is C[N+]1([O-])CCCCC1C=O. The molecule has 1 aliphatic heterocycles. The summed E-state index contributed by atoms with van der Waals surface area (Å²) in [5.74, 6) is 0. The first-order chi connectivity index (χ1) is 4.67. The second-order valence-corrected chi connectivity index (χ2v) is 3.10. The number of carbonyl (C=O) groups excluding carboxylic acids is 1. The van der Waals surface area contributed by atoms with E-state index in [2.05, 4.69) is 0 Å². The van der Waals surface area contributed by atoms with Crippen LogP contribution in [0.5, 0.6) is 0 Å². The second kappa shape index (κ2) is 2.68. The van der Waals surface area contributed by atoms with Crippen molar-refractivity contribution in [2.45, 2.75) is 25.3 Å². The van der Waals surface area contributed by atoms with Crippen molar-refractivity contribution < 1.29 is 9.44 Å². The Kier molecular flexibility index (Phi) is 2.06. The van der Waals surface area contributed by atoms with Gasteiger partial charge in [0.2, 0.25) is 0 Å². The normalized spacial score (nSPS) is 41.2. The summed E-state index contributed by atoms with van der Waals surface area (Å²) < 4.78 is -0.358. The Morgan fingerprint density at radius 1 is 1.60 bits per heavy atom. The largest absolute Gasteiger partial charge is 0.632 e. The van der Waals surface area contributed by atoms with Crippen LogP contribution in [0.4, 0.5) is 0 Å². The lowest BCUT2D eigenvalue weighted by atomic mass is 10.0. The predicted molar refractivity (Wildman–Crippen MR) is 38.1 cm³/mol. The van der Waals surface area contributed by atoms with E-state index in [0.29, 0.717) is 6.54 Å². The third kappa shape index (κ3) is 1.36. The van der Waals surface area contributed by atoms with Crippen molar-refractivity contribution >= 4 is 6.29 Å². The molecule has 0 aromatic heterocycles. The van der Waals surface area contributed by atoms with Gasteiger partial charge >= 0.3 is 0 Å². The fourth-order valence-electron chi connectivity index (χ4n) is 1.41. The molecule has 1 fully saturated rings. The summed E-state index contributed by atoms with van der Waals surface area (Å²) >= 11 is 0. The molecule has 2 unspecified atom stereocenters. The van der Waals surface area contributed by atoms with Crippen molar-refractivity contribution in [1.82, 2.24) is 0 Å². The van der Waals surface area contributed by atoms with Gasteiger partial charge in [0.05, 0.1) is 13.6 Å². The van der Waals surface area contributed by atoms with Gasteiger partial charge in [0.1, 0.15) is 6.04 Å². The molecular weight excluding hydrogens is 130 g/mol. The van der Waals surface area contributed by atoms with Crippen molar-refractivity contribution in [3.63, 3.8) is 0 Å². The molecular formula is C7H13NO2. The van der Waals surface area contributed by atoms with Crippen LogP contribution in [0.3, 0.4) is 0 Å². The predicted octanol–water partition coefficient (Wildman–Crippen LogP) is 0.682. The molecule has 0 aliphatic carbocycles. The Morgan fingerprint density at radius 3 is 2.70 bits per heavy atom. The van der Waals surface area contributed by atoms with Gasteiger partial charge in [0.25, 0.3) is 0 Å². The lowest BCUT2D eigenvalue weighted by Crippen LogP contribution is -2.51. The monoisotopic (exact) mass is 143 g/mol. The lowest BCUT2D eigenvalue weighted by Gasteiger charge is -2.45. The van der Waals surface area contributed by atoms with E-state index in [1.54, 1.807) is 7.05 Å². The van der Waals surface area contributed by atoms with Crippen LogP contribution in [0, 0.1) is 5.21 Å². The molecule has 10 heavy (non-hydrogen) atoms. The Bertz CT molecular complexity index is 134. The van der Waals surface area contributed by atoms with E-state index in [1.165, 1.54) is 0 Å². The maximum atomic E-state index is 11.4. The molecule has 1 aliphatic rings. The van der Waals surface area contributed by atoms with Crippen LogP contribution in [0.15, 0.2) is 0 Å². The van der Waals surface area contributed by atoms with Crippen molar-refractivity contribution in [3.05, 3.63) is 5.21 Å². The van der Waals surface area contributed by atoms with Crippen LogP contribution in [0.25, 0.3) is 0 Å². The minimum Gasteiger partial charge on any atom is -0.632 e. The summed E-state index contributed by atoms with van der Waals surface area (Å²) in [5.41, 5.74) is 0. The summed E-state index contributed by atoms with van der Waals surface area (Å²) in [4.78, 5) is 10.4. The zero-order chi connectivity index (χ0) is 7.61. The number of piperidine rings is 1. The van der Waals surface area contributed by atoms with Gasteiger partial charge in [0, 0.05) is 6.42 Å². The highest BCUT2D eigenvalue weighted by atomic mass is 16.5. The van der Waals surface area contributed by atoms with Crippen LogP contribution in [-0.4, -0.2) is 30.6 Å². The highest BCUT2D eigenvalue weighted by Gasteiger charge is 2.27. The van der Waals surface area contributed by atoms with Crippen molar-refractivity contribution in [3.8, 4) is 0 Å². The van der Waals surface area contributed by atoms with Gasteiger partial charge in [-0.05, 0) is 12.8 Å². The lowest BCUT2D eigenvalue weighted by molar-refractivity contribution is -0.881. The summed E-state index contributed by atoms with van der Waals surface area (Å²) in [6, 6.07) is -0.297. The van der Waals surface area contributed by atoms with Crippen LogP contribution >= 0.6 is 0 Å². The van der Waals surface area contributed by atoms with Gasteiger partial charge < -0.3 is 9.85 Å². The molecule has 0 saturated carbocycles. The second-order valence-electron chi connectivity index (χ2n) is 3.10. The number of aldehydes is 1. The molecule has 3 nitrogen and oxygen atoms in total. The summed E-state index contributed by atoms with van der Waals surface area (Å²) in [7, 11) is 1.58. The molecule has 2 atom stereocenters. The van der Waals surface area contributed by atoms with E-state index in [-0.39, 0.29) is 10.7 Å². The number of likely N-dealkylation sites (N-methyl/N-ethyl adjacent to an activating group) is 1. The third-order valence-electron chi connectivity index (χ3n) is 2.21. The number of hydrogen-bond donors (Lipinski definition) is 0. The number of nitrogens with zero attached hydrogens (tertiary/aromatic N) is 1. The molecule has 3 heteroatoms. The fraction of sp³-hybridized carbons (Fsp3) is 0.857. The molecule has 0 aromatic rings. The van der Waals surface area contributed by atoms with Crippen LogP contribution < -0.4 is 0 Å². The fourth-order valence-corrected chi connectivity index (χ4v) is 1.41. The van der Waals surface area contributed by atoms with Crippen molar-refractivity contribution in [1.29, 1.82) is 0 Å². The minimum absolute atomic E-state index is 0.297. The quantitative estimate of drug-likeness (QED) is 0.307. The zero-order valence-electron chi connectivity index (χ0n) is 6.25. The van der Waals surface area contributed by atoms with E-state index in [9.17, 15) is 10.0 Å².